The molecule has 3 atom stereocenters. The highest BCUT2D eigenvalue weighted by Gasteiger charge is 2.40. The van der Waals surface area contributed by atoms with Gasteiger partial charge in [0.2, 0.25) is 11.8 Å². The summed E-state index contributed by atoms with van der Waals surface area (Å²) >= 11 is 2.06. The number of aliphatic hydroxyl groups excluding tert-OH is 3. The minimum absolute atomic E-state index is 0.0577. The van der Waals surface area contributed by atoms with E-state index in [4.69, 9.17) is 14.2 Å². The second-order valence-electron chi connectivity index (χ2n) is 10.2. The number of methoxy groups -OCH3 is 1. The highest BCUT2D eigenvalue weighted by atomic mass is 127. The van der Waals surface area contributed by atoms with Gasteiger partial charge < -0.3 is 39.7 Å². The van der Waals surface area contributed by atoms with Crippen LogP contribution >= 0.6 is 22.6 Å². The molecule has 39 heavy (non-hydrogen) atoms. The maximum absolute atomic E-state index is 13.4. The Morgan fingerprint density at radius 2 is 1.92 bits per heavy atom. The SMILES string of the molecule is COc1cc(CO)cc(I)c1OC1C=C(C(=O)NCCO)CC(N(CCCOC(C)C)C(=O)CC(C)C)C1O. The fraction of sp³-hybridized carbons (Fsp3) is 0.643. The lowest BCUT2D eigenvalue weighted by Crippen LogP contribution is -2.55. The molecule has 0 fully saturated rings. The number of ether oxygens (including phenoxy) is 3. The molecule has 1 aromatic rings. The molecule has 3 unspecified atom stereocenters. The number of halogens is 1. The molecular formula is C28H43IN2O8. The summed E-state index contributed by atoms with van der Waals surface area (Å²) in [5, 5.41) is 33.0. The van der Waals surface area contributed by atoms with Crippen molar-refractivity contribution in [1.29, 1.82) is 0 Å². The summed E-state index contributed by atoms with van der Waals surface area (Å²) in [7, 11) is 1.48. The van der Waals surface area contributed by atoms with Gasteiger partial charge in [0.05, 0.1) is 36.0 Å². The molecule has 0 aromatic heterocycles. The molecule has 0 bridgehead atoms. The molecule has 1 aromatic carbocycles. The Hall–Kier alpha value is -1.93. The van der Waals surface area contributed by atoms with E-state index >= 15 is 0 Å². The summed E-state index contributed by atoms with van der Waals surface area (Å²) in [4.78, 5) is 28.0. The number of amides is 2. The van der Waals surface area contributed by atoms with Crippen LogP contribution in [0.4, 0.5) is 0 Å². The smallest absolute Gasteiger partial charge is 0.247 e. The summed E-state index contributed by atoms with van der Waals surface area (Å²) in [6.07, 6.45) is 0.510. The van der Waals surface area contributed by atoms with Crippen LogP contribution in [-0.4, -0.2) is 89.8 Å². The molecule has 2 rings (SSSR count). The van der Waals surface area contributed by atoms with Crippen LogP contribution in [0, 0.1) is 9.49 Å². The first-order chi connectivity index (χ1) is 18.5. The number of hydrogen-bond acceptors (Lipinski definition) is 8. The van der Waals surface area contributed by atoms with E-state index in [0.29, 0.717) is 52.2 Å². The lowest BCUT2D eigenvalue weighted by molar-refractivity contribution is -0.139. The zero-order chi connectivity index (χ0) is 29.1. The standard InChI is InChI=1S/C28H43IN2O8/c1-17(2)11-25(34)31(8-6-10-38-18(3)4)22-14-20(28(36)30-7-9-32)15-23(26(22)35)39-27-21(29)12-19(16-33)13-24(27)37-5/h12-13,15,17-18,22-23,26,32-33,35H,6-11,14,16H2,1-5H3,(H,30,36). The predicted octanol–water partition coefficient (Wildman–Crippen LogP) is 2.40. The molecule has 0 heterocycles. The van der Waals surface area contributed by atoms with E-state index in [0.717, 1.165) is 0 Å². The van der Waals surface area contributed by atoms with Gasteiger partial charge in [-0.15, -0.1) is 0 Å². The van der Waals surface area contributed by atoms with Crippen LogP contribution in [0.1, 0.15) is 52.5 Å². The molecular weight excluding hydrogens is 619 g/mol. The monoisotopic (exact) mass is 662 g/mol. The van der Waals surface area contributed by atoms with E-state index in [-0.39, 0.29) is 44.1 Å². The molecule has 10 nitrogen and oxygen atoms in total. The van der Waals surface area contributed by atoms with E-state index in [9.17, 15) is 24.9 Å². The molecule has 220 valence electrons. The van der Waals surface area contributed by atoms with Crippen molar-refractivity contribution in [1.82, 2.24) is 10.2 Å². The van der Waals surface area contributed by atoms with Crippen molar-refractivity contribution < 1.29 is 39.1 Å². The first-order valence-corrected chi connectivity index (χ1v) is 14.4. The van der Waals surface area contributed by atoms with Crippen LogP contribution < -0.4 is 14.8 Å². The number of nitrogens with zero attached hydrogens (tertiary/aromatic N) is 1. The van der Waals surface area contributed by atoms with Crippen molar-refractivity contribution in [3.05, 3.63) is 32.9 Å². The number of benzene rings is 1. The Morgan fingerprint density at radius 3 is 2.51 bits per heavy atom. The Kier molecular flexibility index (Phi) is 14.0. The number of carbonyl (C=O) groups excluding carboxylic acids is 2. The molecule has 0 saturated heterocycles. The number of nitrogens with one attached hydrogen (secondary N) is 1. The van der Waals surface area contributed by atoms with E-state index in [1.54, 1.807) is 23.1 Å². The summed E-state index contributed by atoms with van der Waals surface area (Å²) < 4.78 is 18.1. The second kappa shape index (κ2) is 16.4. The van der Waals surface area contributed by atoms with Gasteiger partial charge in [-0.2, -0.15) is 0 Å². The van der Waals surface area contributed by atoms with Crippen molar-refractivity contribution in [3.63, 3.8) is 0 Å². The van der Waals surface area contributed by atoms with Gasteiger partial charge in [0.1, 0.15) is 12.2 Å². The normalized spacial score (nSPS) is 19.2. The first-order valence-electron chi connectivity index (χ1n) is 13.3. The van der Waals surface area contributed by atoms with Gasteiger partial charge in [0, 0.05) is 38.1 Å². The van der Waals surface area contributed by atoms with Crippen LogP contribution in [-0.2, 0) is 20.9 Å². The van der Waals surface area contributed by atoms with Gasteiger partial charge >= 0.3 is 0 Å². The summed E-state index contributed by atoms with van der Waals surface area (Å²) in [5.74, 6) is 0.328. The third kappa shape index (κ3) is 9.89. The Labute approximate surface area is 244 Å². The fourth-order valence-electron chi connectivity index (χ4n) is 4.39. The Morgan fingerprint density at radius 1 is 1.21 bits per heavy atom. The maximum atomic E-state index is 13.4. The van der Waals surface area contributed by atoms with E-state index in [1.807, 2.05) is 27.7 Å². The van der Waals surface area contributed by atoms with Crippen LogP contribution in [0.2, 0.25) is 0 Å². The fourth-order valence-corrected chi connectivity index (χ4v) is 5.18. The average molecular weight is 663 g/mol. The zero-order valence-corrected chi connectivity index (χ0v) is 25.6. The van der Waals surface area contributed by atoms with Crippen molar-refractivity contribution >= 4 is 34.4 Å². The third-order valence-corrected chi connectivity index (χ3v) is 7.04. The van der Waals surface area contributed by atoms with Crippen LogP contribution in [0.25, 0.3) is 0 Å². The number of rotatable bonds is 15. The highest BCUT2D eigenvalue weighted by Crippen LogP contribution is 2.37. The summed E-state index contributed by atoms with van der Waals surface area (Å²) in [6, 6.07) is 2.67. The molecule has 2 amide bonds. The lowest BCUT2D eigenvalue weighted by atomic mass is 9.87. The van der Waals surface area contributed by atoms with Crippen molar-refractivity contribution in [2.45, 2.75) is 77.9 Å². The van der Waals surface area contributed by atoms with Gasteiger partial charge in [-0.25, -0.2) is 0 Å². The molecule has 0 aliphatic heterocycles. The Balaban J connectivity index is 2.46. The topological polar surface area (TPSA) is 138 Å². The van der Waals surface area contributed by atoms with E-state index < -0.39 is 24.2 Å². The number of aliphatic hydroxyl groups is 3. The van der Waals surface area contributed by atoms with E-state index in [1.165, 1.54) is 7.11 Å². The molecule has 11 heteroatoms. The minimum Gasteiger partial charge on any atom is -0.493 e. The minimum atomic E-state index is -1.14. The van der Waals surface area contributed by atoms with E-state index in [2.05, 4.69) is 27.9 Å². The zero-order valence-electron chi connectivity index (χ0n) is 23.5. The predicted molar refractivity (Wildman–Crippen MR) is 156 cm³/mol. The van der Waals surface area contributed by atoms with Crippen LogP contribution in [0.15, 0.2) is 23.8 Å². The van der Waals surface area contributed by atoms with Gasteiger partial charge in [0.25, 0.3) is 0 Å². The first kappa shape index (κ1) is 33.3. The molecule has 0 spiro atoms. The molecule has 1 aliphatic rings. The van der Waals surface area contributed by atoms with Crippen LogP contribution in [0.3, 0.4) is 0 Å². The molecule has 0 radical (unpaired) electrons. The third-order valence-electron chi connectivity index (χ3n) is 6.24. The summed E-state index contributed by atoms with van der Waals surface area (Å²) in [6.45, 7) is 8.29. The van der Waals surface area contributed by atoms with Crippen molar-refractivity contribution in [2.75, 3.05) is 33.4 Å². The van der Waals surface area contributed by atoms with Gasteiger partial charge in [-0.1, -0.05) is 13.8 Å². The van der Waals surface area contributed by atoms with Crippen LogP contribution in [0.5, 0.6) is 11.5 Å². The van der Waals surface area contributed by atoms with Crippen molar-refractivity contribution in [3.8, 4) is 11.5 Å². The number of carbonyl (C=O) groups is 2. The van der Waals surface area contributed by atoms with Crippen molar-refractivity contribution in [2.24, 2.45) is 5.92 Å². The Bertz CT molecular complexity index is 985. The van der Waals surface area contributed by atoms with Gasteiger partial charge in [0.15, 0.2) is 11.5 Å². The largest absolute Gasteiger partial charge is 0.493 e. The van der Waals surface area contributed by atoms with Gasteiger partial charge in [-0.05, 0) is 72.5 Å². The molecule has 4 N–H and O–H groups in total. The molecule has 1 aliphatic carbocycles. The lowest BCUT2D eigenvalue weighted by Gasteiger charge is -2.41. The number of hydrogen-bond donors (Lipinski definition) is 4. The highest BCUT2D eigenvalue weighted by molar-refractivity contribution is 14.1. The second-order valence-corrected chi connectivity index (χ2v) is 11.4. The quantitative estimate of drug-likeness (QED) is 0.166. The average Bonchev–Trinajstić information content (AvgIpc) is 2.88. The van der Waals surface area contributed by atoms with Gasteiger partial charge in [-0.3, -0.25) is 9.59 Å². The molecule has 0 saturated carbocycles. The summed E-state index contributed by atoms with van der Waals surface area (Å²) in [5.41, 5.74) is 0.991. The maximum Gasteiger partial charge on any atom is 0.247 e.